The number of hydrogen-bond acceptors (Lipinski definition) is 4. The molecule has 0 spiro atoms. The van der Waals surface area contributed by atoms with E-state index in [4.69, 9.17) is 13.6 Å². The second kappa shape index (κ2) is 15.6. The van der Waals surface area contributed by atoms with Gasteiger partial charge in [-0.05, 0) is 25.4 Å². The number of carbonyl (C=O) groups excluding carboxylic acids is 1. The molecular formula is C20H40O4Si. The van der Waals surface area contributed by atoms with Crippen LogP contribution in [0, 0.1) is 0 Å². The fourth-order valence-corrected chi connectivity index (χ4v) is 5.80. The van der Waals surface area contributed by atoms with Crippen molar-refractivity contribution in [1.29, 1.82) is 0 Å². The van der Waals surface area contributed by atoms with Crippen molar-refractivity contribution in [3.63, 3.8) is 0 Å². The highest BCUT2D eigenvalue weighted by Crippen LogP contribution is 2.23. The molecule has 25 heavy (non-hydrogen) atoms. The molecular weight excluding hydrogens is 332 g/mol. The van der Waals surface area contributed by atoms with Gasteiger partial charge in [0, 0.05) is 19.8 Å². The number of esters is 1. The summed E-state index contributed by atoms with van der Waals surface area (Å²) in [7, 11) is 1.73. The molecule has 0 amide bonds. The molecule has 0 aromatic rings. The van der Waals surface area contributed by atoms with E-state index in [-0.39, 0.29) is 5.97 Å². The Kier molecular flexibility index (Phi) is 15.2. The Morgan fingerprint density at radius 3 is 1.76 bits per heavy atom. The van der Waals surface area contributed by atoms with Crippen LogP contribution in [0.25, 0.3) is 0 Å². The summed E-state index contributed by atoms with van der Waals surface area (Å²) in [6.45, 7) is 7.97. The van der Waals surface area contributed by atoms with Crippen LogP contribution >= 0.6 is 0 Å². The lowest BCUT2D eigenvalue weighted by Crippen LogP contribution is -2.39. The topological polar surface area (TPSA) is 44.8 Å². The maximum absolute atomic E-state index is 11.2. The van der Waals surface area contributed by atoms with Gasteiger partial charge in [0.15, 0.2) is 0 Å². The number of carbonyl (C=O) groups is 1. The summed E-state index contributed by atoms with van der Waals surface area (Å²) in [5, 5.41) is 0. The Hall–Kier alpha value is -0.653. The molecule has 148 valence electrons. The van der Waals surface area contributed by atoms with E-state index in [1.165, 1.54) is 44.9 Å². The van der Waals surface area contributed by atoms with Crippen molar-refractivity contribution in [2.24, 2.45) is 0 Å². The fourth-order valence-electron chi connectivity index (χ4n) is 3.02. The van der Waals surface area contributed by atoms with Gasteiger partial charge in [-0.15, -0.1) is 0 Å². The van der Waals surface area contributed by atoms with Crippen molar-refractivity contribution in [2.75, 3.05) is 20.8 Å². The third-order valence-corrected chi connectivity index (χ3v) is 8.52. The van der Waals surface area contributed by atoms with E-state index in [1.807, 2.05) is 14.2 Å². The molecule has 0 aromatic heterocycles. The summed E-state index contributed by atoms with van der Waals surface area (Å²) < 4.78 is 16.5. The van der Waals surface area contributed by atoms with Gasteiger partial charge in [0.25, 0.3) is 0 Å². The number of unbranched alkanes of at least 4 members (excludes halogenated alkanes) is 8. The Balaban J connectivity index is 3.44. The van der Waals surface area contributed by atoms with Crippen LogP contribution in [0.1, 0.15) is 78.1 Å². The van der Waals surface area contributed by atoms with Crippen molar-refractivity contribution in [2.45, 2.75) is 90.1 Å². The molecule has 0 saturated carbocycles. The highest BCUT2D eigenvalue weighted by Gasteiger charge is 2.33. The molecule has 0 heterocycles. The normalized spacial score (nSPS) is 11.5. The lowest BCUT2D eigenvalue weighted by Gasteiger charge is -2.27. The van der Waals surface area contributed by atoms with Gasteiger partial charge < -0.3 is 13.6 Å². The average Bonchev–Trinajstić information content (AvgIpc) is 2.61. The standard InChI is InChI=1S/C20H40O4Si/c1-6-17-25(22-4,23-5)18-15-13-11-9-7-8-10-12-14-16-24-20(21)19(2)3/h2,6-18H2,1,3-5H3. The minimum atomic E-state index is -1.89. The molecule has 0 rings (SSSR count). The molecule has 0 atom stereocenters. The summed E-state index contributed by atoms with van der Waals surface area (Å²) in [6.07, 6.45) is 12.2. The predicted molar refractivity (Wildman–Crippen MR) is 107 cm³/mol. The van der Waals surface area contributed by atoms with E-state index in [1.54, 1.807) is 6.92 Å². The third kappa shape index (κ3) is 12.4. The summed E-state index contributed by atoms with van der Waals surface area (Å²) in [5.74, 6) is -0.270. The molecule has 0 radical (unpaired) electrons. The SMILES string of the molecule is C=C(C)C(=O)OCCCCCCCCCCC[Si](CCC)(OC)OC. The van der Waals surface area contributed by atoms with Crippen LogP contribution in [0.2, 0.25) is 12.1 Å². The van der Waals surface area contributed by atoms with Crippen molar-refractivity contribution >= 4 is 14.5 Å². The summed E-state index contributed by atoms with van der Waals surface area (Å²) >= 11 is 0. The van der Waals surface area contributed by atoms with Gasteiger partial charge in [-0.1, -0.05) is 71.3 Å². The Labute approximate surface area is 156 Å². The maximum Gasteiger partial charge on any atom is 0.337 e. The first-order valence-electron chi connectivity index (χ1n) is 9.94. The summed E-state index contributed by atoms with van der Waals surface area (Å²) in [5.41, 5.74) is 0.477. The van der Waals surface area contributed by atoms with Crippen LogP contribution in [0.3, 0.4) is 0 Å². The molecule has 5 heteroatoms. The predicted octanol–water partition coefficient (Wildman–Crippen LogP) is 5.76. The van der Waals surface area contributed by atoms with Crippen LogP contribution in [-0.4, -0.2) is 35.4 Å². The van der Waals surface area contributed by atoms with Gasteiger partial charge in [-0.3, -0.25) is 0 Å². The van der Waals surface area contributed by atoms with E-state index in [0.717, 1.165) is 31.4 Å². The maximum atomic E-state index is 11.2. The zero-order valence-corrected chi connectivity index (χ0v) is 18.0. The largest absolute Gasteiger partial charge is 0.462 e. The first-order valence-corrected chi connectivity index (χ1v) is 12.2. The van der Waals surface area contributed by atoms with Gasteiger partial charge in [0.2, 0.25) is 0 Å². The van der Waals surface area contributed by atoms with Crippen molar-refractivity contribution < 1.29 is 18.4 Å². The number of hydrogen-bond donors (Lipinski definition) is 0. The molecule has 0 unspecified atom stereocenters. The minimum Gasteiger partial charge on any atom is -0.462 e. The fraction of sp³-hybridized carbons (Fsp3) is 0.850. The number of rotatable bonds is 17. The Bertz CT molecular complexity index is 354. The molecule has 4 nitrogen and oxygen atoms in total. The lowest BCUT2D eigenvalue weighted by molar-refractivity contribution is -0.139. The van der Waals surface area contributed by atoms with Crippen LogP contribution in [-0.2, 0) is 18.4 Å². The highest BCUT2D eigenvalue weighted by atomic mass is 28.4. The zero-order valence-electron chi connectivity index (χ0n) is 17.0. The molecule has 0 aromatic carbocycles. The van der Waals surface area contributed by atoms with Gasteiger partial charge in [0.05, 0.1) is 6.61 Å². The number of ether oxygens (including phenoxy) is 1. The van der Waals surface area contributed by atoms with E-state index in [0.29, 0.717) is 12.2 Å². The second-order valence-electron chi connectivity index (χ2n) is 6.92. The van der Waals surface area contributed by atoms with Crippen LogP contribution in [0.15, 0.2) is 12.2 Å². The van der Waals surface area contributed by atoms with Gasteiger partial charge in [0.1, 0.15) is 0 Å². The van der Waals surface area contributed by atoms with Gasteiger partial charge >= 0.3 is 14.5 Å². The third-order valence-electron chi connectivity index (χ3n) is 4.66. The summed E-state index contributed by atoms with van der Waals surface area (Å²) in [4.78, 5) is 11.2. The monoisotopic (exact) mass is 372 g/mol. The molecule has 0 aliphatic rings. The molecule has 0 aliphatic heterocycles. The zero-order chi connectivity index (χ0) is 19.0. The average molecular weight is 373 g/mol. The Morgan fingerprint density at radius 2 is 1.32 bits per heavy atom. The van der Waals surface area contributed by atoms with Crippen molar-refractivity contribution in [3.05, 3.63) is 12.2 Å². The van der Waals surface area contributed by atoms with E-state index < -0.39 is 8.56 Å². The quantitative estimate of drug-likeness (QED) is 0.141. The molecule has 0 N–H and O–H groups in total. The molecule has 0 fully saturated rings. The van der Waals surface area contributed by atoms with Crippen LogP contribution < -0.4 is 0 Å². The van der Waals surface area contributed by atoms with Crippen LogP contribution in [0.5, 0.6) is 0 Å². The van der Waals surface area contributed by atoms with Crippen molar-refractivity contribution in [3.8, 4) is 0 Å². The Morgan fingerprint density at radius 1 is 0.840 bits per heavy atom. The first-order chi connectivity index (χ1) is 12.0. The highest BCUT2D eigenvalue weighted by molar-refractivity contribution is 6.67. The van der Waals surface area contributed by atoms with Gasteiger partial charge in [-0.2, -0.15) is 0 Å². The second-order valence-corrected chi connectivity index (χ2v) is 10.6. The van der Waals surface area contributed by atoms with Crippen LogP contribution in [0.4, 0.5) is 0 Å². The lowest BCUT2D eigenvalue weighted by atomic mass is 10.1. The van der Waals surface area contributed by atoms with E-state index >= 15 is 0 Å². The van der Waals surface area contributed by atoms with E-state index in [2.05, 4.69) is 13.5 Å². The molecule has 0 saturated heterocycles. The van der Waals surface area contributed by atoms with E-state index in [9.17, 15) is 4.79 Å². The first kappa shape index (κ1) is 24.3. The van der Waals surface area contributed by atoms with Crippen molar-refractivity contribution in [1.82, 2.24) is 0 Å². The summed E-state index contributed by atoms with van der Waals surface area (Å²) in [6, 6.07) is 2.22. The smallest absolute Gasteiger partial charge is 0.337 e. The molecule has 0 aliphatic carbocycles. The minimum absolute atomic E-state index is 0.270. The molecule has 0 bridgehead atoms. The van der Waals surface area contributed by atoms with Gasteiger partial charge in [-0.25, -0.2) is 4.79 Å².